The van der Waals surface area contributed by atoms with Gasteiger partial charge in [-0.05, 0) is 25.7 Å². The molecule has 0 aromatic carbocycles. The summed E-state index contributed by atoms with van der Waals surface area (Å²) in [6.45, 7) is 6.69. The molecule has 2 rings (SSSR count). The molecule has 0 radical (unpaired) electrons. The maximum Gasteiger partial charge on any atom is 0.407 e. The van der Waals surface area contributed by atoms with Crippen molar-refractivity contribution in [1.29, 1.82) is 0 Å². The molecule has 2 fully saturated rings. The molecule has 1 amide bonds. The zero-order valence-electron chi connectivity index (χ0n) is 13.2. The van der Waals surface area contributed by atoms with Gasteiger partial charge in [0.05, 0.1) is 19.8 Å². The van der Waals surface area contributed by atoms with Crippen LogP contribution in [0.25, 0.3) is 0 Å². The van der Waals surface area contributed by atoms with Crippen molar-refractivity contribution >= 4 is 12.1 Å². The number of rotatable bonds is 6. The topological polar surface area (TPSA) is 73.9 Å². The number of carbonyl (C=O) groups excluding carboxylic acids is 2. The summed E-state index contributed by atoms with van der Waals surface area (Å²) >= 11 is 0. The van der Waals surface area contributed by atoms with Crippen molar-refractivity contribution in [3.63, 3.8) is 0 Å². The van der Waals surface area contributed by atoms with E-state index in [1.165, 1.54) is 6.42 Å². The molecule has 6 heteroatoms. The van der Waals surface area contributed by atoms with Crippen LogP contribution in [0.1, 0.15) is 39.0 Å². The van der Waals surface area contributed by atoms with Crippen molar-refractivity contribution in [3.8, 4) is 0 Å². The Morgan fingerprint density at radius 1 is 1.32 bits per heavy atom. The number of ether oxygens (including phenoxy) is 3. The number of carbonyl (C=O) groups is 2. The van der Waals surface area contributed by atoms with Crippen molar-refractivity contribution in [1.82, 2.24) is 5.32 Å². The lowest BCUT2D eigenvalue weighted by Crippen LogP contribution is -2.51. The maximum absolute atomic E-state index is 12.0. The molecule has 1 saturated heterocycles. The fraction of sp³-hybridized carbons (Fsp3) is 0.750. The normalized spacial score (nSPS) is 20.6. The predicted octanol–water partition coefficient (Wildman–Crippen LogP) is 2.18. The molecule has 1 heterocycles. The van der Waals surface area contributed by atoms with Gasteiger partial charge in [0.1, 0.15) is 12.2 Å². The van der Waals surface area contributed by atoms with E-state index in [9.17, 15) is 9.59 Å². The van der Waals surface area contributed by atoms with E-state index in [-0.39, 0.29) is 18.8 Å². The maximum atomic E-state index is 12.0. The summed E-state index contributed by atoms with van der Waals surface area (Å²) < 4.78 is 16.1. The Labute approximate surface area is 131 Å². The zero-order chi connectivity index (χ0) is 16.0. The number of amides is 1. The van der Waals surface area contributed by atoms with Gasteiger partial charge < -0.3 is 19.5 Å². The molecule has 1 aliphatic carbocycles. The first-order chi connectivity index (χ1) is 10.5. The first-order valence-electron chi connectivity index (χ1n) is 7.91. The van der Waals surface area contributed by atoms with Crippen LogP contribution in [0, 0.1) is 5.92 Å². The van der Waals surface area contributed by atoms with Crippen LogP contribution in [0.4, 0.5) is 4.79 Å². The average molecular weight is 311 g/mol. The Kier molecular flexibility index (Phi) is 5.83. The number of nitrogens with one attached hydrogen (secondary N) is 1. The molecule has 22 heavy (non-hydrogen) atoms. The van der Waals surface area contributed by atoms with Gasteiger partial charge in [0.15, 0.2) is 0 Å². The SMILES string of the molecule is C=C(C)C(=O)OCCNC(=O)OC1(C2CCC2)CCOCC1. The first-order valence-corrected chi connectivity index (χ1v) is 7.91. The predicted molar refractivity (Wildman–Crippen MR) is 80.4 cm³/mol. The number of alkyl carbamates (subject to hydrolysis) is 1. The summed E-state index contributed by atoms with van der Waals surface area (Å²) in [5, 5.41) is 2.64. The largest absolute Gasteiger partial charge is 0.460 e. The van der Waals surface area contributed by atoms with Gasteiger partial charge >= 0.3 is 12.1 Å². The summed E-state index contributed by atoms with van der Waals surface area (Å²) in [7, 11) is 0. The monoisotopic (exact) mass is 311 g/mol. The molecule has 0 atom stereocenters. The van der Waals surface area contributed by atoms with Crippen LogP contribution in [-0.4, -0.2) is 44.0 Å². The standard InChI is InChI=1S/C16H25NO5/c1-12(2)14(18)21-11-8-17-15(19)22-16(13-4-3-5-13)6-9-20-10-7-16/h13H,1,3-11H2,2H3,(H,17,19). The fourth-order valence-electron chi connectivity index (χ4n) is 2.89. The lowest BCUT2D eigenvalue weighted by Gasteiger charge is -2.46. The van der Waals surface area contributed by atoms with E-state index >= 15 is 0 Å². The summed E-state index contributed by atoms with van der Waals surface area (Å²) in [4.78, 5) is 23.2. The lowest BCUT2D eigenvalue weighted by atomic mass is 9.69. The third-order valence-corrected chi connectivity index (χ3v) is 4.44. The quantitative estimate of drug-likeness (QED) is 0.462. The summed E-state index contributed by atoms with van der Waals surface area (Å²) in [5.74, 6) is -0.00562. The Hall–Kier alpha value is -1.56. The summed E-state index contributed by atoms with van der Waals surface area (Å²) in [6, 6.07) is 0. The van der Waals surface area contributed by atoms with Crippen molar-refractivity contribution in [2.75, 3.05) is 26.4 Å². The van der Waals surface area contributed by atoms with Gasteiger partial charge in [-0.3, -0.25) is 0 Å². The second-order valence-electron chi connectivity index (χ2n) is 6.04. The molecule has 2 aliphatic rings. The molecule has 124 valence electrons. The van der Waals surface area contributed by atoms with Crippen molar-refractivity contribution < 1.29 is 23.8 Å². The highest BCUT2D eigenvalue weighted by Crippen LogP contribution is 2.44. The number of hydrogen-bond donors (Lipinski definition) is 1. The molecule has 0 spiro atoms. The Morgan fingerprint density at radius 2 is 2.00 bits per heavy atom. The molecule has 0 bridgehead atoms. The highest BCUT2D eigenvalue weighted by molar-refractivity contribution is 5.86. The molecule has 1 saturated carbocycles. The first kappa shape index (κ1) is 16.8. The van der Waals surface area contributed by atoms with Crippen LogP contribution in [-0.2, 0) is 19.0 Å². The zero-order valence-corrected chi connectivity index (χ0v) is 13.2. The molecular formula is C16H25NO5. The van der Waals surface area contributed by atoms with Gasteiger partial charge in [0.25, 0.3) is 0 Å². The summed E-state index contributed by atoms with van der Waals surface area (Å²) in [6.07, 6.45) is 4.51. The van der Waals surface area contributed by atoms with Crippen LogP contribution >= 0.6 is 0 Å². The Balaban J connectivity index is 1.74. The van der Waals surface area contributed by atoms with Crippen LogP contribution in [0.15, 0.2) is 12.2 Å². The van der Waals surface area contributed by atoms with Crippen LogP contribution in [0.2, 0.25) is 0 Å². The molecule has 0 unspecified atom stereocenters. The average Bonchev–Trinajstić information content (AvgIpc) is 2.42. The van der Waals surface area contributed by atoms with E-state index in [2.05, 4.69) is 11.9 Å². The van der Waals surface area contributed by atoms with Crippen molar-refractivity contribution in [2.24, 2.45) is 5.92 Å². The summed E-state index contributed by atoms with van der Waals surface area (Å²) in [5.41, 5.74) is -0.0386. The van der Waals surface area contributed by atoms with Gasteiger partial charge in [0, 0.05) is 18.4 Å². The van der Waals surface area contributed by atoms with Gasteiger partial charge in [-0.25, -0.2) is 9.59 Å². The Morgan fingerprint density at radius 3 is 2.55 bits per heavy atom. The molecule has 1 aliphatic heterocycles. The number of esters is 1. The third-order valence-electron chi connectivity index (χ3n) is 4.44. The van der Waals surface area contributed by atoms with E-state index in [0.717, 1.165) is 25.7 Å². The highest BCUT2D eigenvalue weighted by Gasteiger charge is 2.46. The smallest absolute Gasteiger partial charge is 0.407 e. The van der Waals surface area contributed by atoms with Gasteiger partial charge in [-0.1, -0.05) is 13.0 Å². The van der Waals surface area contributed by atoms with Crippen molar-refractivity contribution in [2.45, 2.75) is 44.6 Å². The second kappa shape index (κ2) is 7.63. The van der Waals surface area contributed by atoms with Crippen LogP contribution in [0.5, 0.6) is 0 Å². The molecular weight excluding hydrogens is 286 g/mol. The van der Waals surface area contributed by atoms with Crippen molar-refractivity contribution in [3.05, 3.63) is 12.2 Å². The molecule has 0 aromatic rings. The lowest BCUT2D eigenvalue weighted by molar-refractivity contribution is -0.139. The molecule has 1 N–H and O–H groups in total. The van der Waals surface area contributed by atoms with Crippen LogP contribution in [0.3, 0.4) is 0 Å². The van der Waals surface area contributed by atoms with E-state index in [0.29, 0.717) is 24.7 Å². The minimum absolute atomic E-state index is 0.111. The van der Waals surface area contributed by atoms with E-state index in [4.69, 9.17) is 14.2 Å². The third kappa shape index (κ3) is 4.22. The van der Waals surface area contributed by atoms with E-state index in [1.807, 2.05) is 0 Å². The molecule has 0 aromatic heterocycles. The Bertz CT molecular complexity index is 424. The fourth-order valence-corrected chi connectivity index (χ4v) is 2.89. The second-order valence-corrected chi connectivity index (χ2v) is 6.04. The number of hydrogen-bond acceptors (Lipinski definition) is 5. The molecule has 6 nitrogen and oxygen atoms in total. The van der Waals surface area contributed by atoms with Gasteiger partial charge in [0.2, 0.25) is 0 Å². The minimum atomic E-state index is -0.453. The van der Waals surface area contributed by atoms with Gasteiger partial charge in [-0.2, -0.15) is 0 Å². The van der Waals surface area contributed by atoms with Gasteiger partial charge in [-0.15, -0.1) is 0 Å². The highest BCUT2D eigenvalue weighted by atomic mass is 16.6. The van der Waals surface area contributed by atoms with Crippen LogP contribution < -0.4 is 5.32 Å². The van der Waals surface area contributed by atoms with E-state index < -0.39 is 12.1 Å². The van der Waals surface area contributed by atoms with E-state index in [1.54, 1.807) is 6.92 Å². The minimum Gasteiger partial charge on any atom is -0.460 e.